The van der Waals surface area contributed by atoms with Crippen LogP contribution in [0.15, 0.2) is 23.8 Å². The van der Waals surface area contributed by atoms with Crippen LogP contribution in [0, 0.1) is 18.3 Å². The van der Waals surface area contributed by atoms with Crippen LogP contribution < -0.4 is 0 Å². The first kappa shape index (κ1) is 12.4. The molecule has 0 amide bonds. The molecule has 0 radical (unpaired) electrons. The van der Waals surface area contributed by atoms with Gasteiger partial charge in [0.1, 0.15) is 0 Å². The van der Waals surface area contributed by atoms with E-state index in [1.807, 2.05) is 0 Å². The molecule has 0 aliphatic heterocycles. The zero-order chi connectivity index (χ0) is 12.1. The minimum Gasteiger partial charge on any atom is -0.395 e. The van der Waals surface area contributed by atoms with Crippen LogP contribution in [0.1, 0.15) is 25.7 Å². The predicted molar refractivity (Wildman–Crippen MR) is 70.5 cm³/mol. The smallest absolute Gasteiger partial charge is 0.0605 e. The Bertz CT molecular complexity index is 350. The summed E-state index contributed by atoms with van der Waals surface area (Å²) in [6.45, 7) is 1.51. The van der Waals surface area contributed by atoms with E-state index in [0.29, 0.717) is 25.0 Å². The number of terminal acetylenes is 1. The van der Waals surface area contributed by atoms with E-state index in [1.165, 1.54) is 31.3 Å². The maximum atomic E-state index is 9.15. The second-order valence-electron chi connectivity index (χ2n) is 4.87. The summed E-state index contributed by atoms with van der Waals surface area (Å²) in [5.74, 6) is 3.42. The molecule has 1 N–H and O–H groups in total. The van der Waals surface area contributed by atoms with Gasteiger partial charge in [-0.1, -0.05) is 30.6 Å². The van der Waals surface area contributed by atoms with Crippen LogP contribution in [0.3, 0.4) is 0 Å². The lowest BCUT2D eigenvalue weighted by Crippen LogP contribution is -2.42. The van der Waals surface area contributed by atoms with E-state index in [2.05, 4.69) is 29.0 Å². The minimum absolute atomic E-state index is 0.186. The number of allylic oxidation sites excluding steroid dienone is 3. The van der Waals surface area contributed by atoms with Gasteiger partial charge in [0.2, 0.25) is 0 Å². The topological polar surface area (TPSA) is 23.5 Å². The average molecular weight is 231 g/mol. The van der Waals surface area contributed by atoms with E-state index in [9.17, 15) is 0 Å². The first-order valence-electron chi connectivity index (χ1n) is 6.51. The van der Waals surface area contributed by atoms with Gasteiger partial charge in [0.15, 0.2) is 0 Å². The summed E-state index contributed by atoms with van der Waals surface area (Å²) >= 11 is 0. The minimum atomic E-state index is 0.186. The van der Waals surface area contributed by atoms with Gasteiger partial charge in [0, 0.05) is 12.6 Å². The van der Waals surface area contributed by atoms with Gasteiger partial charge in [0.05, 0.1) is 13.2 Å². The number of aliphatic hydroxyl groups is 1. The third-order valence-electron chi connectivity index (χ3n) is 3.85. The van der Waals surface area contributed by atoms with Gasteiger partial charge >= 0.3 is 0 Å². The molecule has 0 aromatic carbocycles. The number of nitrogens with zero attached hydrogens (tertiary/aromatic N) is 1. The molecule has 0 aromatic heterocycles. The van der Waals surface area contributed by atoms with Gasteiger partial charge in [-0.25, -0.2) is 0 Å². The standard InChI is InChI=1S/C15H21NO/c1-2-10-16(11-12-17)15-9-5-7-13-6-3-4-8-14(13)15/h1,3-4,8,13,15,17H,5-7,9-12H2. The van der Waals surface area contributed by atoms with Crippen molar-refractivity contribution in [3.05, 3.63) is 23.8 Å². The molecule has 0 heterocycles. The van der Waals surface area contributed by atoms with Crippen molar-refractivity contribution >= 4 is 0 Å². The highest BCUT2D eigenvalue weighted by Gasteiger charge is 2.30. The third kappa shape index (κ3) is 2.80. The van der Waals surface area contributed by atoms with E-state index >= 15 is 0 Å². The summed E-state index contributed by atoms with van der Waals surface area (Å²) in [5, 5.41) is 9.15. The normalized spacial score (nSPS) is 27.5. The Hall–Kier alpha value is -1.04. The van der Waals surface area contributed by atoms with E-state index in [4.69, 9.17) is 11.5 Å². The van der Waals surface area contributed by atoms with Crippen LogP contribution in [-0.4, -0.2) is 35.7 Å². The van der Waals surface area contributed by atoms with Crippen LogP contribution in [0.2, 0.25) is 0 Å². The number of aliphatic hydroxyl groups excluding tert-OH is 1. The Morgan fingerprint density at radius 3 is 3.12 bits per heavy atom. The number of fused-ring (bicyclic) bond motifs is 1. The molecular formula is C15H21NO. The van der Waals surface area contributed by atoms with Crippen LogP contribution in [0.25, 0.3) is 0 Å². The molecule has 0 aromatic rings. The van der Waals surface area contributed by atoms with Gasteiger partial charge in [-0.2, -0.15) is 0 Å². The summed E-state index contributed by atoms with van der Waals surface area (Å²) in [5.41, 5.74) is 1.53. The van der Waals surface area contributed by atoms with Crippen molar-refractivity contribution in [2.45, 2.75) is 31.7 Å². The Morgan fingerprint density at radius 2 is 2.35 bits per heavy atom. The SMILES string of the molecule is C#CCN(CCO)C1CCCC2CC=CC=C21. The molecule has 17 heavy (non-hydrogen) atoms. The highest BCUT2D eigenvalue weighted by Crippen LogP contribution is 2.36. The van der Waals surface area contributed by atoms with Crippen LogP contribution in [0.4, 0.5) is 0 Å². The van der Waals surface area contributed by atoms with Crippen LogP contribution in [-0.2, 0) is 0 Å². The van der Waals surface area contributed by atoms with Gasteiger partial charge in [-0.05, 0) is 30.8 Å². The van der Waals surface area contributed by atoms with E-state index in [-0.39, 0.29) is 6.61 Å². The largest absolute Gasteiger partial charge is 0.395 e. The molecular weight excluding hydrogens is 210 g/mol. The molecule has 1 fully saturated rings. The summed E-state index contributed by atoms with van der Waals surface area (Å²) < 4.78 is 0. The van der Waals surface area contributed by atoms with Gasteiger partial charge in [-0.15, -0.1) is 6.42 Å². The fraction of sp³-hybridized carbons (Fsp3) is 0.600. The van der Waals surface area contributed by atoms with Crippen molar-refractivity contribution in [2.75, 3.05) is 19.7 Å². The molecule has 2 nitrogen and oxygen atoms in total. The Labute approximate surface area is 104 Å². The number of rotatable bonds is 4. The lowest BCUT2D eigenvalue weighted by Gasteiger charge is -2.39. The second kappa shape index (κ2) is 6.05. The van der Waals surface area contributed by atoms with Crippen molar-refractivity contribution in [1.29, 1.82) is 0 Å². The van der Waals surface area contributed by atoms with Crippen molar-refractivity contribution in [2.24, 2.45) is 5.92 Å². The first-order chi connectivity index (χ1) is 8.36. The summed E-state index contributed by atoms with van der Waals surface area (Å²) in [7, 11) is 0. The van der Waals surface area contributed by atoms with E-state index < -0.39 is 0 Å². The van der Waals surface area contributed by atoms with Crippen molar-refractivity contribution < 1.29 is 5.11 Å². The van der Waals surface area contributed by atoms with Crippen LogP contribution >= 0.6 is 0 Å². The molecule has 1 saturated carbocycles. The highest BCUT2D eigenvalue weighted by molar-refractivity contribution is 5.27. The quantitative estimate of drug-likeness (QED) is 0.748. The summed E-state index contributed by atoms with van der Waals surface area (Å²) in [6.07, 6.45) is 17.0. The highest BCUT2D eigenvalue weighted by atomic mass is 16.3. The lowest BCUT2D eigenvalue weighted by molar-refractivity contribution is 0.156. The maximum Gasteiger partial charge on any atom is 0.0605 e. The molecule has 2 rings (SSSR count). The summed E-state index contributed by atoms with van der Waals surface area (Å²) in [4.78, 5) is 2.25. The van der Waals surface area contributed by atoms with Gasteiger partial charge in [-0.3, -0.25) is 4.90 Å². The average Bonchev–Trinajstić information content (AvgIpc) is 2.38. The van der Waals surface area contributed by atoms with Crippen molar-refractivity contribution in [3.8, 4) is 12.3 Å². The molecule has 2 heteroatoms. The molecule has 0 bridgehead atoms. The van der Waals surface area contributed by atoms with E-state index in [1.54, 1.807) is 0 Å². The molecule has 2 aliphatic carbocycles. The third-order valence-corrected chi connectivity index (χ3v) is 3.85. The molecule has 0 saturated heterocycles. The monoisotopic (exact) mass is 231 g/mol. The van der Waals surface area contributed by atoms with E-state index in [0.717, 1.165) is 0 Å². The zero-order valence-corrected chi connectivity index (χ0v) is 10.3. The van der Waals surface area contributed by atoms with Gasteiger partial charge in [0.25, 0.3) is 0 Å². The van der Waals surface area contributed by atoms with Crippen LogP contribution in [0.5, 0.6) is 0 Å². The lowest BCUT2D eigenvalue weighted by atomic mass is 9.76. The maximum absolute atomic E-state index is 9.15. The molecule has 0 spiro atoms. The second-order valence-corrected chi connectivity index (χ2v) is 4.87. The Balaban J connectivity index is 2.14. The zero-order valence-electron chi connectivity index (χ0n) is 10.3. The first-order valence-corrected chi connectivity index (χ1v) is 6.51. The number of hydrogen-bond donors (Lipinski definition) is 1. The fourth-order valence-electron chi connectivity index (χ4n) is 3.07. The number of hydrogen-bond acceptors (Lipinski definition) is 2. The molecule has 2 atom stereocenters. The van der Waals surface area contributed by atoms with Crippen molar-refractivity contribution in [3.63, 3.8) is 0 Å². The molecule has 2 aliphatic rings. The molecule has 2 unspecified atom stereocenters. The Kier molecular flexibility index (Phi) is 4.42. The van der Waals surface area contributed by atoms with Gasteiger partial charge < -0.3 is 5.11 Å². The molecule has 92 valence electrons. The predicted octanol–water partition coefficient (Wildman–Crippen LogP) is 1.97. The summed E-state index contributed by atoms with van der Waals surface area (Å²) in [6, 6.07) is 0.446. The Morgan fingerprint density at radius 1 is 1.47 bits per heavy atom. The fourth-order valence-corrected chi connectivity index (χ4v) is 3.07. The van der Waals surface area contributed by atoms with Crippen molar-refractivity contribution in [1.82, 2.24) is 4.90 Å².